The predicted octanol–water partition coefficient (Wildman–Crippen LogP) is 3.69. The van der Waals surface area contributed by atoms with Crippen molar-refractivity contribution in [3.63, 3.8) is 0 Å². The quantitative estimate of drug-likeness (QED) is 0.902. The van der Waals surface area contributed by atoms with E-state index in [1.165, 1.54) is 22.3 Å². The molecule has 0 fully saturated rings. The average molecular weight is 281 g/mol. The second-order valence-electron chi connectivity index (χ2n) is 5.73. The monoisotopic (exact) mass is 281 g/mol. The minimum absolute atomic E-state index is 0.265. The van der Waals surface area contributed by atoms with Gasteiger partial charge in [-0.25, -0.2) is 0 Å². The molecule has 2 aromatic carbocycles. The molecule has 1 unspecified atom stereocenters. The number of hydrogen-bond donors (Lipinski definition) is 1. The highest BCUT2D eigenvalue weighted by molar-refractivity contribution is 5.48. The molecule has 0 bridgehead atoms. The van der Waals surface area contributed by atoms with E-state index in [0.29, 0.717) is 6.04 Å². The summed E-state index contributed by atoms with van der Waals surface area (Å²) in [6.45, 7) is 5.74. The molecule has 0 spiro atoms. The Kier molecular flexibility index (Phi) is 4.37. The molecular weight excluding hydrogens is 258 g/mol. The molecule has 0 aromatic heterocycles. The number of fused-ring (bicyclic) bond motifs is 2. The molecule has 21 heavy (non-hydrogen) atoms. The predicted molar refractivity (Wildman–Crippen MR) is 86.6 cm³/mol. The minimum atomic E-state index is 0.265. The van der Waals surface area contributed by atoms with Gasteiger partial charge in [0.2, 0.25) is 0 Å². The third kappa shape index (κ3) is 3.02. The van der Waals surface area contributed by atoms with Crippen LogP contribution in [-0.4, -0.2) is 19.3 Å². The van der Waals surface area contributed by atoms with Gasteiger partial charge < -0.3 is 10.1 Å². The number of benzene rings is 2. The van der Waals surface area contributed by atoms with Crippen LogP contribution >= 0.6 is 0 Å². The first-order valence-electron chi connectivity index (χ1n) is 7.79. The van der Waals surface area contributed by atoms with Gasteiger partial charge in [0.25, 0.3) is 0 Å². The van der Waals surface area contributed by atoms with E-state index < -0.39 is 0 Å². The van der Waals surface area contributed by atoms with Gasteiger partial charge in [-0.3, -0.25) is 0 Å². The lowest BCUT2D eigenvalue weighted by atomic mass is 9.82. The number of rotatable bonds is 5. The second kappa shape index (κ2) is 6.42. The SMILES string of the molecule is CCOCC(C)NC1c2ccccc2Cc2ccccc21. The van der Waals surface area contributed by atoms with Crippen LogP contribution in [0, 0.1) is 0 Å². The van der Waals surface area contributed by atoms with Crippen molar-refractivity contribution in [1.82, 2.24) is 5.32 Å². The van der Waals surface area contributed by atoms with E-state index in [1.807, 2.05) is 6.92 Å². The van der Waals surface area contributed by atoms with Crippen molar-refractivity contribution < 1.29 is 4.74 Å². The van der Waals surface area contributed by atoms with Crippen molar-refractivity contribution in [1.29, 1.82) is 0 Å². The fraction of sp³-hybridized carbons (Fsp3) is 0.368. The summed E-state index contributed by atoms with van der Waals surface area (Å²) in [5.41, 5.74) is 5.66. The molecular formula is C19H23NO. The third-order valence-electron chi connectivity index (χ3n) is 4.14. The van der Waals surface area contributed by atoms with Crippen molar-refractivity contribution in [2.75, 3.05) is 13.2 Å². The van der Waals surface area contributed by atoms with Crippen LogP contribution < -0.4 is 5.32 Å². The molecule has 1 N–H and O–H groups in total. The van der Waals surface area contributed by atoms with Crippen LogP contribution in [-0.2, 0) is 11.2 Å². The van der Waals surface area contributed by atoms with Gasteiger partial charge in [-0.1, -0.05) is 48.5 Å². The highest BCUT2D eigenvalue weighted by Gasteiger charge is 2.25. The number of hydrogen-bond acceptors (Lipinski definition) is 2. The van der Waals surface area contributed by atoms with Crippen LogP contribution in [0.15, 0.2) is 48.5 Å². The normalized spacial score (nSPS) is 15.3. The zero-order valence-corrected chi connectivity index (χ0v) is 12.8. The highest BCUT2D eigenvalue weighted by atomic mass is 16.5. The molecule has 110 valence electrons. The molecule has 0 heterocycles. The summed E-state index contributed by atoms with van der Waals surface area (Å²) >= 11 is 0. The van der Waals surface area contributed by atoms with E-state index in [2.05, 4.69) is 60.8 Å². The lowest BCUT2D eigenvalue weighted by molar-refractivity contribution is 0.125. The summed E-state index contributed by atoms with van der Waals surface area (Å²) in [6.07, 6.45) is 1.03. The van der Waals surface area contributed by atoms with Crippen LogP contribution in [0.4, 0.5) is 0 Å². The van der Waals surface area contributed by atoms with Gasteiger partial charge in [-0.05, 0) is 42.5 Å². The van der Waals surface area contributed by atoms with Gasteiger partial charge in [0, 0.05) is 12.6 Å². The maximum Gasteiger partial charge on any atom is 0.0617 e. The Bertz CT molecular complexity index is 563. The second-order valence-corrected chi connectivity index (χ2v) is 5.73. The van der Waals surface area contributed by atoms with Gasteiger partial charge in [0.05, 0.1) is 12.6 Å². The van der Waals surface area contributed by atoms with E-state index in [9.17, 15) is 0 Å². The van der Waals surface area contributed by atoms with E-state index in [1.54, 1.807) is 0 Å². The minimum Gasteiger partial charge on any atom is -0.380 e. The standard InChI is InChI=1S/C19H23NO/c1-3-21-13-14(2)20-19-17-10-6-4-8-15(17)12-16-9-5-7-11-18(16)19/h4-11,14,19-20H,3,12-13H2,1-2H3. The molecule has 0 aliphatic heterocycles. The van der Waals surface area contributed by atoms with Crippen molar-refractivity contribution >= 4 is 0 Å². The van der Waals surface area contributed by atoms with Crippen molar-refractivity contribution in [2.24, 2.45) is 0 Å². The topological polar surface area (TPSA) is 21.3 Å². The lowest BCUT2D eigenvalue weighted by Crippen LogP contribution is -2.36. The molecule has 0 saturated heterocycles. The highest BCUT2D eigenvalue weighted by Crippen LogP contribution is 2.34. The van der Waals surface area contributed by atoms with Crippen LogP contribution in [0.3, 0.4) is 0 Å². The Morgan fingerprint density at radius 2 is 1.62 bits per heavy atom. The Morgan fingerprint density at radius 1 is 1.05 bits per heavy atom. The summed E-state index contributed by atoms with van der Waals surface area (Å²) in [5, 5.41) is 3.74. The summed E-state index contributed by atoms with van der Waals surface area (Å²) in [4.78, 5) is 0. The first kappa shape index (κ1) is 14.3. The molecule has 2 aromatic rings. The summed E-state index contributed by atoms with van der Waals surface area (Å²) in [5.74, 6) is 0. The molecule has 2 nitrogen and oxygen atoms in total. The summed E-state index contributed by atoms with van der Waals surface area (Å²) in [6, 6.07) is 18.1. The van der Waals surface area contributed by atoms with Crippen LogP contribution in [0.25, 0.3) is 0 Å². The first-order valence-corrected chi connectivity index (χ1v) is 7.79. The first-order chi connectivity index (χ1) is 10.3. The molecule has 2 heteroatoms. The Labute approximate surface area is 127 Å². The molecule has 1 atom stereocenters. The maximum absolute atomic E-state index is 5.55. The van der Waals surface area contributed by atoms with E-state index in [-0.39, 0.29) is 6.04 Å². The molecule has 1 aliphatic rings. The molecule has 1 aliphatic carbocycles. The van der Waals surface area contributed by atoms with Crippen molar-refractivity contribution in [3.8, 4) is 0 Å². The Balaban J connectivity index is 1.91. The Hall–Kier alpha value is -1.64. The largest absolute Gasteiger partial charge is 0.380 e. The van der Waals surface area contributed by atoms with Crippen LogP contribution in [0.5, 0.6) is 0 Å². The third-order valence-corrected chi connectivity index (χ3v) is 4.14. The van der Waals surface area contributed by atoms with Gasteiger partial charge >= 0.3 is 0 Å². The zero-order valence-electron chi connectivity index (χ0n) is 12.8. The van der Waals surface area contributed by atoms with Crippen molar-refractivity contribution in [3.05, 3.63) is 70.8 Å². The van der Waals surface area contributed by atoms with E-state index in [4.69, 9.17) is 4.74 Å². The number of ether oxygens (including phenoxy) is 1. The molecule has 3 rings (SSSR count). The van der Waals surface area contributed by atoms with E-state index >= 15 is 0 Å². The fourth-order valence-corrected chi connectivity index (χ4v) is 3.13. The molecule has 0 saturated carbocycles. The van der Waals surface area contributed by atoms with Crippen molar-refractivity contribution in [2.45, 2.75) is 32.4 Å². The van der Waals surface area contributed by atoms with Gasteiger partial charge in [-0.15, -0.1) is 0 Å². The molecule has 0 radical (unpaired) electrons. The van der Waals surface area contributed by atoms with Gasteiger partial charge in [0.15, 0.2) is 0 Å². The Morgan fingerprint density at radius 3 is 2.19 bits per heavy atom. The maximum atomic E-state index is 5.55. The fourth-order valence-electron chi connectivity index (χ4n) is 3.13. The number of nitrogens with one attached hydrogen (secondary N) is 1. The molecule has 0 amide bonds. The average Bonchev–Trinajstić information content (AvgIpc) is 2.52. The van der Waals surface area contributed by atoms with Gasteiger partial charge in [0.1, 0.15) is 0 Å². The van der Waals surface area contributed by atoms with E-state index in [0.717, 1.165) is 19.6 Å². The zero-order chi connectivity index (χ0) is 14.7. The smallest absolute Gasteiger partial charge is 0.0617 e. The lowest BCUT2D eigenvalue weighted by Gasteiger charge is -2.31. The van der Waals surface area contributed by atoms with Crippen LogP contribution in [0.1, 0.15) is 42.1 Å². The van der Waals surface area contributed by atoms with Crippen LogP contribution in [0.2, 0.25) is 0 Å². The summed E-state index contributed by atoms with van der Waals surface area (Å²) in [7, 11) is 0. The summed E-state index contributed by atoms with van der Waals surface area (Å²) < 4.78 is 5.55. The van der Waals surface area contributed by atoms with Gasteiger partial charge in [-0.2, -0.15) is 0 Å².